The molecule has 0 spiro atoms. The van der Waals surface area contributed by atoms with E-state index in [1.165, 1.54) is 0 Å². The normalized spacial score (nSPS) is 28.8. The maximum atomic E-state index is 8.84. The zero-order chi connectivity index (χ0) is 9.50. The van der Waals surface area contributed by atoms with Gasteiger partial charge in [-0.15, -0.1) is 23.2 Å². The van der Waals surface area contributed by atoms with Gasteiger partial charge in [-0.25, -0.2) is 0 Å². The van der Waals surface area contributed by atoms with Crippen molar-refractivity contribution in [1.82, 2.24) is 0 Å². The lowest BCUT2D eigenvalue weighted by Gasteiger charge is -1.94. The summed E-state index contributed by atoms with van der Waals surface area (Å²) >= 11 is 9.76. The Morgan fingerprint density at radius 1 is 1.83 bits per heavy atom. The smallest absolute Gasteiger partial charge is 0.0810 e. The molecule has 38 valence electrons. The van der Waals surface area contributed by atoms with Crippen molar-refractivity contribution in [2.45, 2.75) is 6.08 Å². The third kappa shape index (κ3) is 2.76. The number of aliphatic hydroxyl groups is 1. The van der Waals surface area contributed by atoms with Crippen LogP contribution in [0, 0.1) is 0 Å². The molecular weight excluding hydrogens is 123 g/mol. The number of hydrogen-bond acceptors (Lipinski definition) is 1. The number of hydrogen-bond donors (Lipinski definition) is 1. The van der Waals surface area contributed by atoms with Gasteiger partial charge in [0.05, 0.1) is 7.45 Å². The van der Waals surface area contributed by atoms with Crippen LogP contribution >= 0.6 is 23.2 Å². The fraction of sp³-hybridized carbons (Fsp3) is 1.00. The van der Waals surface area contributed by atoms with Crippen LogP contribution in [-0.4, -0.2) is 22.9 Å². The highest BCUT2D eigenvalue weighted by atomic mass is 35.5. The van der Waals surface area contributed by atoms with Crippen molar-refractivity contribution in [2.75, 3.05) is 11.7 Å². The average molecular weight is 134 g/mol. The molecule has 0 fully saturated rings. The highest BCUT2D eigenvalue weighted by Crippen LogP contribution is 1.88. The molecule has 0 saturated heterocycles. The van der Waals surface area contributed by atoms with Crippen LogP contribution in [0.2, 0.25) is 0 Å². The van der Waals surface area contributed by atoms with Gasteiger partial charge >= 0.3 is 0 Å². The Morgan fingerprint density at radius 2 is 2.17 bits per heavy atom. The summed E-state index contributed by atoms with van der Waals surface area (Å²) in [4.78, 5) is 0. The lowest BCUT2D eigenvalue weighted by Crippen LogP contribution is -2.08. The molecule has 0 heterocycles. The van der Waals surface area contributed by atoms with Crippen molar-refractivity contribution in [2.24, 2.45) is 0 Å². The van der Waals surface area contributed by atoms with E-state index in [0.717, 1.165) is 0 Å². The van der Waals surface area contributed by atoms with E-state index in [1.807, 2.05) is 0 Å². The second kappa shape index (κ2) is 3.72. The van der Waals surface area contributed by atoms with Gasteiger partial charge < -0.3 is 5.11 Å². The van der Waals surface area contributed by atoms with E-state index < -0.39 is 17.7 Å². The number of rotatable bonds is 2. The molecule has 0 radical (unpaired) electrons. The predicted octanol–water partition coefficient (Wildman–Crippen LogP) is 0.825. The van der Waals surface area contributed by atoms with Crippen LogP contribution in [0.4, 0.5) is 0 Å². The Kier molecular flexibility index (Phi) is 1.12. The standard InChI is InChI=1S/C3H6Cl2O/c4-1-3(6)2-5/h3,6H,1-2H2/i1D2,2D2,3D. The molecule has 0 aromatic rings. The summed E-state index contributed by atoms with van der Waals surface area (Å²) in [5.41, 5.74) is 0. The van der Waals surface area contributed by atoms with E-state index >= 15 is 0 Å². The largest absolute Gasteiger partial charge is 0.391 e. The van der Waals surface area contributed by atoms with E-state index in [1.54, 1.807) is 0 Å². The first-order chi connectivity index (χ1) is 4.50. The Hall–Kier alpha value is 0.540. The second-order valence-electron chi connectivity index (χ2n) is 0.538. The van der Waals surface area contributed by atoms with Crippen LogP contribution in [0.25, 0.3) is 0 Å². The fourth-order valence-electron chi connectivity index (χ4n) is 0.0179. The molecule has 0 saturated carbocycles. The summed E-state index contributed by atoms with van der Waals surface area (Å²) in [5.74, 6) is -5.86. The van der Waals surface area contributed by atoms with E-state index in [2.05, 4.69) is 0 Å². The first-order valence-electron chi connectivity index (χ1n) is 3.60. The molecule has 0 unspecified atom stereocenters. The zero-order valence-corrected chi connectivity index (χ0v) is 4.22. The molecule has 1 nitrogen and oxygen atoms in total. The van der Waals surface area contributed by atoms with Crippen molar-refractivity contribution in [3.05, 3.63) is 0 Å². The van der Waals surface area contributed by atoms with Crippen molar-refractivity contribution in [3.63, 3.8) is 0 Å². The molecule has 0 bridgehead atoms. The van der Waals surface area contributed by atoms with Gasteiger partial charge in [0.2, 0.25) is 0 Å². The van der Waals surface area contributed by atoms with Gasteiger partial charge in [0.15, 0.2) is 0 Å². The minimum Gasteiger partial charge on any atom is -0.391 e. The second-order valence-corrected chi connectivity index (χ2v) is 0.916. The van der Waals surface area contributed by atoms with E-state index in [4.69, 9.17) is 35.2 Å². The summed E-state index contributed by atoms with van der Waals surface area (Å²) in [6.07, 6.45) is -3.18. The van der Waals surface area contributed by atoms with Gasteiger partial charge in [0, 0.05) is 17.1 Å². The van der Waals surface area contributed by atoms with Gasteiger partial charge in [-0.05, 0) is 0 Å². The van der Waals surface area contributed by atoms with Crippen LogP contribution in [0.1, 0.15) is 6.85 Å². The van der Waals surface area contributed by atoms with E-state index in [0.29, 0.717) is 0 Å². The van der Waals surface area contributed by atoms with Crippen LogP contribution in [-0.2, 0) is 0 Å². The van der Waals surface area contributed by atoms with Gasteiger partial charge in [-0.1, -0.05) is 0 Å². The molecule has 0 aromatic heterocycles. The summed E-state index contributed by atoms with van der Waals surface area (Å²) in [5, 5.41) is 8.84. The maximum Gasteiger partial charge on any atom is 0.0810 e. The quantitative estimate of drug-likeness (QED) is 0.554. The molecule has 6 heavy (non-hydrogen) atoms. The minimum absolute atomic E-state index is 2.93. The topological polar surface area (TPSA) is 20.2 Å². The Morgan fingerprint density at radius 3 is 2.17 bits per heavy atom. The molecule has 0 rings (SSSR count). The van der Waals surface area contributed by atoms with Crippen LogP contribution in [0.3, 0.4) is 0 Å². The molecule has 0 atom stereocenters. The third-order valence-corrected chi connectivity index (χ3v) is 0.537. The SMILES string of the molecule is [2H]C([2H])(Cl)C([2H])(O)C([2H])([2H])Cl. The van der Waals surface area contributed by atoms with Crippen molar-refractivity contribution >= 4 is 23.2 Å². The molecule has 0 amide bonds. The molecule has 0 aromatic carbocycles. The zero-order valence-electron chi connectivity index (χ0n) is 7.70. The average Bonchev–Trinajstić information content (AvgIpc) is 1.58. The van der Waals surface area contributed by atoms with Gasteiger partial charge in [-0.2, -0.15) is 0 Å². The monoisotopic (exact) mass is 133 g/mol. The first-order valence-corrected chi connectivity index (χ1v) is 1.86. The van der Waals surface area contributed by atoms with Crippen LogP contribution in [0.15, 0.2) is 0 Å². The lowest BCUT2D eigenvalue weighted by atomic mass is 10.5. The van der Waals surface area contributed by atoms with Gasteiger partial charge in [0.1, 0.15) is 0 Å². The van der Waals surface area contributed by atoms with Crippen molar-refractivity contribution in [1.29, 1.82) is 0 Å². The molecule has 0 aliphatic carbocycles. The molecular formula is C3H6Cl2O. The lowest BCUT2D eigenvalue weighted by molar-refractivity contribution is 0.222. The van der Waals surface area contributed by atoms with Gasteiger partial charge in [-0.3, -0.25) is 0 Å². The van der Waals surface area contributed by atoms with Crippen LogP contribution in [0.5, 0.6) is 0 Å². The predicted molar refractivity (Wildman–Crippen MR) is 27.4 cm³/mol. The Labute approximate surface area is 53.9 Å². The molecule has 0 aliphatic heterocycles. The van der Waals surface area contributed by atoms with Crippen molar-refractivity contribution in [3.8, 4) is 0 Å². The van der Waals surface area contributed by atoms with Crippen molar-refractivity contribution < 1.29 is 12.0 Å². The van der Waals surface area contributed by atoms with E-state index in [-0.39, 0.29) is 0 Å². The van der Waals surface area contributed by atoms with Gasteiger partial charge in [0.25, 0.3) is 0 Å². The summed E-state index contributed by atoms with van der Waals surface area (Å²) in [7, 11) is 0. The Balaban J connectivity index is 4.75. The molecule has 1 N–H and O–H groups in total. The third-order valence-electron chi connectivity index (χ3n) is 0.179. The Bertz CT molecular complexity index is 131. The molecule has 0 aliphatic rings. The van der Waals surface area contributed by atoms with E-state index in [9.17, 15) is 0 Å². The first kappa shape index (κ1) is 1.81. The van der Waals surface area contributed by atoms with Crippen LogP contribution < -0.4 is 0 Å². The molecule has 3 heteroatoms. The summed E-state index contributed by atoms with van der Waals surface area (Å²) < 4.78 is 33.4. The number of alkyl halides is 2. The fourth-order valence-corrected chi connectivity index (χ4v) is 0.161. The maximum absolute atomic E-state index is 8.84. The summed E-state index contributed by atoms with van der Waals surface area (Å²) in [6.45, 7) is 0. The highest BCUT2D eigenvalue weighted by molar-refractivity contribution is 6.21. The number of halogens is 2. The minimum atomic E-state index is -3.18. The highest BCUT2D eigenvalue weighted by Gasteiger charge is 1.94. The summed E-state index contributed by atoms with van der Waals surface area (Å²) in [6, 6.07) is 0.